The van der Waals surface area contributed by atoms with Crippen LogP contribution in [0.15, 0.2) is 0 Å². The van der Waals surface area contributed by atoms with Crippen LogP contribution >= 0.6 is 0 Å². The third kappa shape index (κ3) is 4.70. The fourth-order valence-electron chi connectivity index (χ4n) is 2.50. The van der Waals surface area contributed by atoms with E-state index in [1.165, 1.54) is 0 Å². The molecule has 0 unspecified atom stereocenters. The zero-order chi connectivity index (χ0) is 14.4. The zero-order valence-electron chi connectivity index (χ0n) is 12.2. The van der Waals surface area contributed by atoms with E-state index in [1.807, 2.05) is 11.8 Å². The number of primary amides is 1. The minimum atomic E-state index is -0.628. The molecule has 0 aromatic carbocycles. The van der Waals surface area contributed by atoms with Crippen LogP contribution < -0.4 is 11.1 Å². The van der Waals surface area contributed by atoms with E-state index >= 15 is 0 Å². The molecule has 1 saturated heterocycles. The van der Waals surface area contributed by atoms with Crippen molar-refractivity contribution in [2.24, 2.45) is 5.73 Å². The topological polar surface area (TPSA) is 78.7 Å². The summed E-state index contributed by atoms with van der Waals surface area (Å²) in [4.78, 5) is 27.6. The quantitative estimate of drug-likeness (QED) is 0.758. The van der Waals surface area contributed by atoms with Gasteiger partial charge in [-0.05, 0) is 20.4 Å². The molecule has 0 aromatic heterocycles. The van der Waals surface area contributed by atoms with Gasteiger partial charge < -0.3 is 20.9 Å². The SMILES string of the molecule is CCCC[C@@H](NC(N)=O)C(=O)N1CCN(C)C[C@H]1C. The highest BCUT2D eigenvalue weighted by Gasteiger charge is 2.30. The van der Waals surface area contributed by atoms with E-state index in [2.05, 4.69) is 24.2 Å². The lowest BCUT2D eigenvalue weighted by atomic mass is 10.1. The monoisotopic (exact) mass is 270 g/mol. The summed E-state index contributed by atoms with van der Waals surface area (Å²) in [7, 11) is 2.05. The maximum atomic E-state index is 12.5. The number of carbonyl (C=O) groups is 2. The van der Waals surface area contributed by atoms with Crippen molar-refractivity contribution in [1.29, 1.82) is 0 Å². The molecule has 0 bridgehead atoms. The number of nitrogens with two attached hydrogens (primary N) is 1. The lowest BCUT2D eigenvalue weighted by Crippen LogP contribution is -2.58. The molecule has 3 N–H and O–H groups in total. The van der Waals surface area contributed by atoms with Crippen LogP contribution in [0.3, 0.4) is 0 Å². The smallest absolute Gasteiger partial charge is 0.312 e. The molecule has 6 nitrogen and oxygen atoms in total. The first-order valence-electron chi connectivity index (χ1n) is 7.00. The van der Waals surface area contributed by atoms with Crippen LogP contribution in [0.5, 0.6) is 0 Å². The van der Waals surface area contributed by atoms with Gasteiger partial charge in [-0.3, -0.25) is 4.79 Å². The first kappa shape index (κ1) is 15.8. The highest BCUT2D eigenvalue weighted by Crippen LogP contribution is 2.12. The summed E-state index contributed by atoms with van der Waals surface area (Å²) in [5, 5.41) is 2.58. The van der Waals surface area contributed by atoms with Crippen LogP contribution in [0.1, 0.15) is 33.1 Å². The number of urea groups is 1. The van der Waals surface area contributed by atoms with Crippen LogP contribution in [0.4, 0.5) is 4.79 Å². The molecule has 1 aliphatic rings. The fraction of sp³-hybridized carbons (Fsp3) is 0.846. The second-order valence-corrected chi connectivity index (χ2v) is 5.35. The summed E-state index contributed by atoms with van der Waals surface area (Å²) >= 11 is 0. The number of likely N-dealkylation sites (N-methyl/N-ethyl adjacent to an activating group) is 1. The number of hydrogen-bond donors (Lipinski definition) is 2. The summed E-state index contributed by atoms with van der Waals surface area (Å²) < 4.78 is 0. The molecule has 1 rings (SSSR count). The molecule has 6 heteroatoms. The molecule has 1 aliphatic heterocycles. The van der Waals surface area contributed by atoms with Crippen LogP contribution in [-0.2, 0) is 4.79 Å². The average Bonchev–Trinajstić information content (AvgIpc) is 2.33. The maximum Gasteiger partial charge on any atom is 0.312 e. The van der Waals surface area contributed by atoms with Gasteiger partial charge in [0.1, 0.15) is 6.04 Å². The standard InChI is InChI=1S/C13H26N4O2/c1-4-5-6-11(15-13(14)19)12(18)17-8-7-16(3)9-10(17)2/h10-11H,4-9H2,1-3H3,(H3,14,15,19)/t10-,11-/m1/s1. The Kier molecular flexibility index (Phi) is 6.08. The summed E-state index contributed by atoms with van der Waals surface area (Å²) in [6.45, 7) is 6.54. The summed E-state index contributed by atoms with van der Waals surface area (Å²) in [6, 6.07) is -0.940. The van der Waals surface area contributed by atoms with E-state index < -0.39 is 12.1 Å². The largest absolute Gasteiger partial charge is 0.352 e. The summed E-state index contributed by atoms with van der Waals surface area (Å²) in [6.07, 6.45) is 2.54. The molecule has 0 spiro atoms. The van der Waals surface area contributed by atoms with Crippen LogP contribution in [0, 0.1) is 0 Å². The van der Waals surface area contributed by atoms with Crippen molar-refractivity contribution in [3.63, 3.8) is 0 Å². The van der Waals surface area contributed by atoms with Gasteiger partial charge in [-0.25, -0.2) is 4.79 Å². The van der Waals surface area contributed by atoms with E-state index in [4.69, 9.17) is 5.73 Å². The van der Waals surface area contributed by atoms with Gasteiger partial charge in [-0.2, -0.15) is 0 Å². The molecule has 0 radical (unpaired) electrons. The number of unbranched alkanes of at least 4 members (excludes halogenated alkanes) is 1. The van der Waals surface area contributed by atoms with E-state index in [1.54, 1.807) is 0 Å². The minimum Gasteiger partial charge on any atom is -0.352 e. The van der Waals surface area contributed by atoms with Gasteiger partial charge in [0.05, 0.1) is 0 Å². The lowest BCUT2D eigenvalue weighted by molar-refractivity contribution is -0.137. The van der Waals surface area contributed by atoms with E-state index in [-0.39, 0.29) is 11.9 Å². The molecule has 0 saturated carbocycles. The highest BCUT2D eigenvalue weighted by molar-refractivity contribution is 5.86. The molecule has 110 valence electrons. The Morgan fingerprint density at radius 3 is 2.63 bits per heavy atom. The Labute approximate surface area is 115 Å². The number of piperazine rings is 1. The predicted molar refractivity (Wildman–Crippen MR) is 74.7 cm³/mol. The van der Waals surface area contributed by atoms with E-state index in [9.17, 15) is 9.59 Å². The van der Waals surface area contributed by atoms with Crippen molar-refractivity contribution >= 4 is 11.9 Å². The normalized spacial score (nSPS) is 22.1. The number of amides is 3. The number of rotatable bonds is 5. The van der Waals surface area contributed by atoms with Crippen molar-refractivity contribution in [2.45, 2.75) is 45.2 Å². The van der Waals surface area contributed by atoms with E-state index in [0.717, 1.165) is 25.9 Å². The number of carbonyl (C=O) groups excluding carboxylic acids is 2. The predicted octanol–water partition coefficient (Wildman–Crippen LogP) is 0.376. The van der Waals surface area contributed by atoms with E-state index in [0.29, 0.717) is 13.0 Å². The Hall–Kier alpha value is -1.30. The van der Waals surface area contributed by atoms with Gasteiger partial charge in [0.2, 0.25) is 5.91 Å². The third-order valence-corrected chi connectivity index (χ3v) is 3.57. The van der Waals surface area contributed by atoms with Crippen LogP contribution in [-0.4, -0.2) is 60.5 Å². The summed E-state index contributed by atoms with van der Waals surface area (Å²) in [5.41, 5.74) is 5.16. The molecular formula is C13H26N4O2. The molecule has 19 heavy (non-hydrogen) atoms. The Morgan fingerprint density at radius 1 is 1.42 bits per heavy atom. The van der Waals surface area contributed by atoms with Crippen molar-refractivity contribution in [1.82, 2.24) is 15.1 Å². The number of nitrogens with zero attached hydrogens (tertiary/aromatic N) is 2. The Balaban J connectivity index is 2.66. The Bertz CT molecular complexity index is 322. The Morgan fingerprint density at radius 2 is 2.11 bits per heavy atom. The molecule has 3 amide bonds. The van der Waals surface area contributed by atoms with Gasteiger partial charge in [0, 0.05) is 25.7 Å². The van der Waals surface area contributed by atoms with Gasteiger partial charge in [-0.15, -0.1) is 0 Å². The first-order valence-corrected chi connectivity index (χ1v) is 7.00. The molecule has 1 fully saturated rings. The maximum absolute atomic E-state index is 12.5. The third-order valence-electron chi connectivity index (χ3n) is 3.57. The molecule has 1 heterocycles. The second-order valence-electron chi connectivity index (χ2n) is 5.35. The van der Waals surface area contributed by atoms with Gasteiger partial charge in [0.25, 0.3) is 0 Å². The lowest BCUT2D eigenvalue weighted by Gasteiger charge is -2.39. The van der Waals surface area contributed by atoms with Crippen molar-refractivity contribution in [2.75, 3.05) is 26.7 Å². The first-order chi connectivity index (χ1) is 8.95. The van der Waals surface area contributed by atoms with Crippen LogP contribution in [0.25, 0.3) is 0 Å². The number of nitrogens with one attached hydrogen (secondary N) is 1. The molecule has 2 atom stereocenters. The molecule has 0 aromatic rings. The average molecular weight is 270 g/mol. The summed E-state index contributed by atoms with van der Waals surface area (Å²) in [5.74, 6) is -0.00662. The van der Waals surface area contributed by atoms with Crippen molar-refractivity contribution in [3.8, 4) is 0 Å². The van der Waals surface area contributed by atoms with Gasteiger partial charge in [-0.1, -0.05) is 19.8 Å². The molecular weight excluding hydrogens is 244 g/mol. The van der Waals surface area contributed by atoms with Crippen molar-refractivity contribution in [3.05, 3.63) is 0 Å². The fourth-order valence-corrected chi connectivity index (χ4v) is 2.50. The second kappa shape index (κ2) is 7.33. The number of hydrogen-bond acceptors (Lipinski definition) is 3. The van der Waals surface area contributed by atoms with Crippen molar-refractivity contribution < 1.29 is 9.59 Å². The zero-order valence-corrected chi connectivity index (χ0v) is 12.2. The minimum absolute atomic E-state index is 0.00662. The van der Waals surface area contributed by atoms with Crippen LogP contribution in [0.2, 0.25) is 0 Å². The van der Waals surface area contributed by atoms with Gasteiger partial charge >= 0.3 is 6.03 Å². The highest BCUT2D eigenvalue weighted by atomic mass is 16.2. The molecule has 0 aliphatic carbocycles. The van der Waals surface area contributed by atoms with Gasteiger partial charge in [0.15, 0.2) is 0 Å².